The molecule has 0 spiro atoms. The van der Waals surface area contributed by atoms with Gasteiger partial charge in [0, 0.05) is 31.2 Å². The molecular weight excluding hydrogens is 208 g/mol. The highest BCUT2D eigenvalue weighted by Crippen LogP contribution is 2.25. The quantitative estimate of drug-likeness (QED) is 0.803. The Morgan fingerprint density at radius 2 is 2.12 bits per heavy atom. The third-order valence-electron chi connectivity index (χ3n) is 3.59. The SMILES string of the molecule is C=CC(C)N1CC(C)NCC1c1ccccc1. The maximum Gasteiger partial charge on any atom is 0.0479 e. The highest BCUT2D eigenvalue weighted by molar-refractivity contribution is 5.21. The van der Waals surface area contributed by atoms with Gasteiger partial charge in [0.05, 0.1) is 0 Å². The third-order valence-corrected chi connectivity index (χ3v) is 3.59. The van der Waals surface area contributed by atoms with Crippen LogP contribution in [0.2, 0.25) is 0 Å². The molecule has 2 rings (SSSR count). The summed E-state index contributed by atoms with van der Waals surface area (Å²) < 4.78 is 0. The summed E-state index contributed by atoms with van der Waals surface area (Å²) in [7, 11) is 0. The molecule has 92 valence electrons. The van der Waals surface area contributed by atoms with Crippen molar-refractivity contribution >= 4 is 0 Å². The van der Waals surface area contributed by atoms with E-state index in [9.17, 15) is 0 Å². The Morgan fingerprint density at radius 3 is 2.76 bits per heavy atom. The number of nitrogens with zero attached hydrogens (tertiary/aromatic N) is 1. The highest BCUT2D eigenvalue weighted by Gasteiger charge is 2.28. The van der Waals surface area contributed by atoms with Crippen molar-refractivity contribution in [2.75, 3.05) is 13.1 Å². The summed E-state index contributed by atoms with van der Waals surface area (Å²) in [4.78, 5) is 2.53. The van der Waals surface area contributed by atoms with E-state index in [1.807, 2.05) is 6.08 Å². The summed E-state index contributed by atoms with van der Waals surface area (Å²) in [6, 6.07) is 12.2. The topological polar surface area (TPSA) is 15.3 Å². The Balaban J connectivity index is 2.21. The zero-order valence-electron chi connectivity index (χ0n) is 10.8. The van der Waals surface area contributed by atoms with Crippen LogP contribution in [-0.2, 0) is 0 Å². The van der Waals surface area contributed by atoms with Crippen molar-refractivity contribution in [2.24, 2.45) is 0 Å². The number of rotatable bonds is 3. The summed E-state index contributed by atoms with van der Waals surface area (Å²) in [6.07, 6.45) is 2.04. The summed E-state index contributed by atoms with van der Waals surface area (Å²) in [5.41, 5.74) is 1.39. The van der Waals surface area contributed by atoms with Crippen LogP contribution >= 0.6 is 0 Å². The summed E-state index contributed by atoms with van der Waals surface area (Å²) >= 11 is 0. The Labute approximate surface area is 104 Å². The van der Waals surface area contributed by atoms with Crippen LogP contribution in [0.5, 0.6) is 0 Å². The fourth-order valence-electron chi connectivity index (χ4n) is 2.51. The van der Waals surface area contributed by atoms with Crippen molar-refractivity contribution in [1.29, 1.82) is 0 Å². The van der Waals surface area contributed by atoms with Crippen LogP contribution < -0.4 is 5.32 Å². The van der Waals surface area contributed by atoms with E-state index in [4.69, 9.17) is 0 Å². The number of nitrogens with one attached hydrogen (secondary N) is 1. The fourth-order valence-corrected chi connectivity index (χ4v) is 2.51. The van der Waals surface area contributed by atoms with Crippen LogP contribution in [0.25, 0.3) is 0 Å². The zero-order valence-corrected chi connectivity index (χ0v) is 10.8. The molecule has 0 aliphatic carbocycles. The number of hydrogen-bond donors (Lipinski definition) is 1. The van der Waals surface area contributed by atoms with E-state index >= 15 is 0 Å². The molecule has 0 aromatic heterocycles. The number of piperazine rings is 1. The molecule has 0 bridgehead atoms. The number of hydrogen-bond acceptors (Lipinski definition) is 2. The predicted molar refractivity (Wildman–Crippen MR) is 73.0 cm³/mol. The van der Waals surface area contributed by atoms with E-state index in [0.29, 0.717) is 18.1 Å². The first-order valence-corrected chi connectivity index (χ1v) is 6.39. The minimum Gasteiger partial charge on any atom is -0.311 e. The molecule has 1 heterocycles. The van der Waals surface area contributed by atoms with Crippen LogP contribution in [0.1, 0.15) is 25.5 Å². The first-order chi connectivity index (χ1) is 8.22. The number of benzene rings is 1. The molecule has 2 heteroatoms. The monoisotopic (exact) mass is 230 g/mol. The van der Waals surface area contributed by atoms with E-state index in [1.54, 1.807) is 0 Å². The molecular formula is C15H22N2. The predicted octanol–water partition coefficient (Wildman–Crippen LogP) is 2.60. The molecule has 3 unspecified atom stereocenters. The van der Waals surface area contributed by atoms with Crippen molar-refractivity contribution in [3.05, 3.63) is 48.6 Å². The summed E-state index contributed by atoms with van der Waals surface area (Å²) in [5.74, 6) is 0. The van der Waals surface area contributed by atoms with Gasteiger partial charge in [0.25, 0.3) is 0 Å². The third kappa shape index (κ3) is 2.76. The zero-order chi connectivity index (χ0) is 12.3. The van der Waals surface area contributed by atoms with Crippen LogP contribution in [0.3, 0.4) is 0 Å². The van der Waals surface area contributed by atoms with Gasteiger partial charge in [0.15, 0.2) is 0 Å². The van der Waals surface area contributed by atoms with Crippen molar-refractivity contribution in [2.45, 2.75) is 32.0 Å². The van der Waals surface area contributed by atoms with E-state index in [2.05, 4.69) is 61.0 Å². The van der Waals surface area contributed by atoms with Crippen LogP contribution in [-0.4, -0.2) is 30.1 Å². The van der Waals surface area contributed by atoms with Gasteiger partial charge < -0.3 is 5.32 Å². The molecule has 0 amide bonds. The van der Waals surface area contributed by atoms with Gasteiger partial charge in [-0.25, -0.2) is 0 Å². The van der Waals surface area contributed by atoms with Crippen molar-refractivity contribution in [1.82, 2.24) is 10.2 Å². The first-order valence-electron chi connectivity index (χ1n) is 6.39. The van der Waals surface area contributed by atoms with Gasteiger partial charge in [-0.3, -0.25) is 4.90 Å². The molecule has 1 saturated heterocycles. The second kappa shape index (κ2) is 5.48. The average molecular weight is 230 g/mol. The van der Waals surface area contributed by atoms with Gasteiger partial charge in [-0.15, -0.1) is 6.58 Å². The Morgan fingerprint density at radius 1 is 1.41 bits per heavy atom. The Hall–Kier alpha value is -1.12. The van der Waals surface area contributed by atoms with Gasteiger partial charge in [-0.1, -0.05) is 36.4 Å². The average Bonchev–Trinajstić information content (AvgIpc) is 2.38. The molecule has 1 aliphatic heterocycles. The summed E-state index contributed by atoms with van der Waals surface area (Å²) in [5, 5.41) is 3.56. The maximum atomic E-state index is 3.93. The normalized spacial score (nSPS) is 27.6. The van der Waals surface area contributed by atoms with Crippen molar-refractivity contribution in [3.63, 3.8) is 0 Å². The lowest BCUT2D eigenvalue weighted by Gasteiger charge is -2.42. The van der Waals surface area contributed by atoms with Crippen molar-refractivity contribution in [3.8, 4) is 0 Å². The molecule has 0 radical (unpaired) electrons. The van der Waals surface area contributed by atoms with Gasteiger partial charge in [-0.2, -0.15) is 0 Å². The standard InChI is InChI=1S/C15H22N2/c1-4-13(3)17-11-12(2)16-10-15(17)14-8-6-5-7-9-14/h4-9,12-13,15-16H,1,10-11H2,2-3H3. The van der Waals surface area contributed by atoms with Gasteiger partial charge >= 0.3 is 0 Å². The maximum absolute atomic E-state index is 3.93. The molecule has 1 aromatic rings. The van der Waals surface area contributed by atoms with Crippen LogP contribution in [0.15, 0.2) is 43.0 Å². The Bertz CT molecular complexity index is 360. The largest absolute Gasteiger partial charge is 0.311 e. The lowest BCUT2D eigenvalue weighted by molar-refractivity contribution is 0.113. The minimum atomic E-state index is 0.421. The van der Waals surface area contributed by atoms with Crippen LogP contribution in [0, 0.1) is 0 Å². The molecule has 1 aromatic carbocycles. The lowest BCUT2D eigenvalue weighted by Crippen LogP contribution is -2.53. The molecule has 1 fully saturated rings. The molecule has 17 heavy (non-hydrogen) atoms. The van der Waals surface area contributed by atoms with E-state index in [-0.39, 0.29) is 0 Å². The molecule has 1 N–H and O–H groups in total. The summed E-state index contributed by atoms with van der Waals surface area (Å²) in [6.45, 7) is 10.5. The van der Waals surface area contributed by atoms with E-state index in [1.165, 1.54) is 5.56 Å². The Kier molecular flexibility index (Phi) is 3.97. The van der Waals surface area contributed by atoms with Gasteiger partial charge in [0.1, 0.15) is 0 Å². The van der Waals surface area contributed by atoms with Crippen molar-refractivity contribution < 1.29 is 0 Å². The highest BCUT2D eigenvalue weighted by atomic mass is 15.2. The molecule has 1 aliphatic rings. The van der Waals surface area contributed by atoms with Crippen LogP contribution in [0.4, 0.5) is 0 Å². The second-order valence-corrected chi connectivity index (χ2v) is 4.91. The first kappa shape index (κ1) is 12.3. The van der Waals surface area contributed by atoms with E-state index in [0.717, 1.165) is 13.1 Å². The lowest BCUT2D eigenvalue weighted by atomic mass is 9.99. The van der Waals surface area contributed by atoms with Gasteiger partial charge in [-0.05, 0) is 19.4 Å². The van der Waals surface area contributed by atoms with Gasteiger partial charge in [0.2, 0.25) is 0 Å². The fraction of sp³-hybridized carbons (Fsp3) is 0.467. The van der Waals surface area contributed by atoms with E-state index < -0.39 is 0 Å². The molecule has 0 saturated carbocycles. The molecule has 3 atom stereocenters. The smallest absolute Gasteiger partial charge is 0.0479 e. The second-order valence-electron chi connectivity index (χ2n) is 4.91. The molecule has 2 nitrogen and oxygen atoms in total. The minimum absolute atomic E-state index is 0.421.